The SMILES string of the molecule is O=C(CSc1nnc(-c2ccccc2F)n1CCc1ccccc1)c1ccc[nH]1. The van der Waals surface area contributed by atoms with Crippen molar-refractivity contribution in [2.75, 3.05) is 5.75 Å². The van der Waals surface area contributed by atoms with Crippen LogP contribution in [0.1, 0.15) is 16.1 Å². The third-order valence-corrected chi connectivity index (χ3v) is 5.50. The molecule has 7 heteroatoms. The highest BCUT2D eigenvalue weighted by Gasteiger charge is 2.18. The average molecular weight is 406 g/mol. The number of rotatable bonds is 8. The molecule has 2 aromatic carbocycles. The van der Waals surface area contributed by atoms with Crippen molar-refractivity contribution in [3.63, 3.8) is 0 Å². The van der Waals surface area contributed by atoms with E-state index in [1.165, 1.54) is 23.4 Å². The number of thioether (sulfide) groups is 1. The molecule has 0 amide bonds. The number of hydrogen-bond acceptors (Lipinski definition) is 4. The molecule has 5 nitrogen and oxygen atoms in total. The molecular weight excluding hydrogens is 387 g/mol. The topological polar surface area (TPSA) is 63.6 Å². The van der Waals surface area contributed by atoms with Crippen LogP contribution in [0.15, 0.2) is 78.1 Å². The number of benzene rings is 2. The van der Waals surface area contributed by atoms with Crippen LogP contribution in [0.4, 0.5) is 4.39 Å². The van der Waals surface area contributed by atoms with E-state index in [0.29, 0.717) is 28.8 Å². The summed E-state index contributed by atoms with van der Waals surface area (Å²) in [6.45, 7) is 0.583. The summed E-state index contributed by atoms with van der Waals surface area (Å²) < 4.78 is 16.3. The van der Waals surface area contributed by atoms with Gasteiger partial charge in [0.25, 0.3) is 0 Å². The van der Waals surface area contributed by atoms with Crippen LogP contribution in [0.2, 0.25) is 0 Å². The second kappa shape index (κ2) is 8.87. The molecular formula is C22H19FN4OS. The van der Waals surface area contributed by atoms with Crippen molar-refractivity contribution in [1.82, 2.24) is 19.7 Å². The highest BCUT2D eigenvalue weighted by atomic mass is 32.2. The van der Waals surface area contributed by atoms with E-state index in [1.54, 1.807) is 36.5 Å². The lowest BCUT2D eigenvalue weighted by Crippen LogP contribution is -2.08. The third kappa shape index (κ3) is 4.46. The lowest BCUT2D eigenvalue weighted by molar-refractivity contribution is 0.101. The second-order valence-electron chi connectivity index (χ2n) is 6.47. The molecule has 0 aliphatic rings. The number of aryl methyl sites for hydroxylation is 1. The van der Waals surface area contributed by atoms with E-state index in [0.717, 1.165) is 6.42 Å². The van der Waals surface area contributed by atoms with E-state index in [4.69, 9.17) is 0 Å². The lowest BCUT2D eigenvalue weighted by atomic mass is 10.1. The molecule has 4 rings (SSSR count). The number of nitrogens with zero attached hydrogens (tertiary/aromatic N) is 3. The summed E-state index contributed by atoms with van der Waals surface area (Å²) in [5.41, 5.74) is 2.12. The Balaban J connectivity index is 1.60. The fraction of sp³-hybridized carbons (Fsp3) is 0.136. The van der Waals surface area contributed by atoms with Gasteiger partial charge in [-0.2, -0.15) is 0 Å². The normalized spacial score (nSPS) is 10.9. The molecule has 0 aliphatic heterocycles. The van der Waals surface area contributed by atoms with Gasteiger partial charge >= 0.3 is 0 Å². The quantitative estimate of drug-likeness (QED) is 0.342. The van der Waals surface area contributed by atoms with E-state index in [1.807, 2.05) is 22.8 Å². The third-order valence-electron chi connectivity index (χ3n) is 4.53. The zero-order valence-corrected chi connectivity index (χ0v) is 16.4. The van der Waals surface area contributed by atoms with E-state index in [-0.39, 0.29) is 17.4 Å². The molecule has 0 unspecified atom stereocenters. The van der Waals surface area contributed by atoms with Crippen molar-refractivity contribution in [2.45, 2.75) is 18.1 Å². The largest absolute Gasteiger partial charge is 0.359 e. The average Bonchev–Trinajstić information content (AvgIpc) is 3.42. The van der Waals surface area contributed by atoms with Crippen LogP contribution in [0.3, 0.4) is 0 Å². The van der Waals surface area contributed by atoms with Gasteiger partial charge in [-0.05, 0) is 36.2 Å². The van der Waals surface area contributed by atoms with Crippen LogP contribution in [0.5, 0.6) is 0 Å². The summed E-state index contributed by atoms with van der Waals surface area (Å²) in [4.78, 5) is 15.2. The first kappa shape index (κ1) is 19.1. The summed E-state index contributed by atoms with van der Waals surface area (Å²) in [6, 6.07) is 20.1. The van der Waals surface area contributed by atoms with Crippen LogP contribution in [-0.4, -0.2) is 31.3 Å². The Morgan fingerprint density at radius 3 is 2.55 bits per heavy atom. The molecule has 0 saturated carbocycles. The standard InChI is InChI=1S/C22H19FN4OS/c23-18-10-5-4-9-17(18)21-25-26-22(29-15-20(28)19-11-6-13-24-19)27(21)14-12-16-7-2-1-3-8-16/h1-11,13,24H,12,14-15H2. The van der Waals surface area contributed by atoms with E-state index >= 15 is 0 Å². The number of H-pyrrole nitrogens is 1. The first-order valence-corrected chi connectivity index (χ1v) is 10.2. The highest BCUT2D eigenvalue weighted by molar-refractivity contribution is 7.99. The zero-order valence-electron chi connectivity index (χ0n) is 15.6. The number of hydrogen-bond donors (Lipinski definition) is 1. The predicted molar refractivity (Wildman–Crippen MR) is 111 cm³/mol. The van der Waals surface area contributed by atoms with Crippen molar-refractivity contribution in [1.29, 1.82) is 0 Å². The van der Waals surface area contributed by atoms with Gasteiger partial charge in [0.05, 0.1) is 17.0 Å². The lowest BCUT2D eigenvalue weighted by Gasteiger charge is -2.11. The van der Waals surface area contributed by atoms with Crippen molar-refractivity contribution < 1.29 is 9.18 Å². The smallest absolute Gasteiger partial charge is 0.191 e. The van der Waals surface area contributed by atoms with Crippen molar-refractivity contribution in [3.8, 4) is 11.4 Å². The first-order chi connectivity index (χ1) is 14.2. The Morgan fingerprint density at radius 2 is 1.79 bits per heavy atom. The van der Waals surface area contributed by atoms with Gasteiger partial charge in [-0.1, -0.05) is 54.2 Å². The van der Waals surface area contributed by atoms with Crippen molar-refractivity contribution in [2.24, 2.45) is 0 Å². The number of aromatic nitrogens is 4. The molecule has 0 bridgehead atoms. The monoisotopic (exact) mass is 406 g/mol. The number of carbonyl (C=O) groups excluding carboxylic acids is 1. The van der Waals surface area contributed by atoms with Crippen molar-refractivity contribution >= 4 is 17.5 Å². The molecule has 0 spiro atoms. The molecule has 1 N–H and O–H groups in total. The fourth-order valence-corrected chi connectivity index (χ4v) is 3.88. The van der Waals surface area contributed by atoms with Crippen LogP contribution >= 0.6 is 11.8 Å². The molecule has 0 aliphatic carbocycles. The molecule has 4 aromatic rings. The van der Waals surface area contributed by atoms with Gasteiger partial charge in [0.1, 0.15) is 5.82 Å². The van der Waals surface area contributed by atoms with Gasteiger partial charge in [-0.25, -0.2) is 4.39 Å². The number of nitrogens with one attached hydrogen (secondary N) is 1. The van der Waals surface area contributed by atoms with Gasteiger partial charge in [-0.3, -0.25) is 4.79 Å². The van der Waals surface area contributed by atoms with E-state index < -0.39 is 0 Å². The Bertz CT molecular complexity index is 1090. The molecule has 2 aromatic heterocycles. The Labute approximate surface area is 172 Å². The van der Waals surface area contributed by atoms with Gasteiger partial charge in [0, 0.05) is 12.7 Å². The van der Waals surface area contributed by atoms with Crippen molar-refractivity contribution in [3.05, 3.63) is 90.0 Å². The minimum Gasteiger partial charge on any atom is -0.359 e. The molecule has 0 saturated heterocycles. The van der Waals surface area contributed by atoms with Gasteiger partial charge < -0.3 is 9.55 Å². The number of ketones is 1. The van der Waals surface area contributed by atoms with Gasteiger partial charge in [0.2, 0.25) is 0 Å². The Hall–Kier alpha value is -3.19. The summed E-state index contributed by atoms with van der Waals surface area (Å²) in [5.74, 6) is 0.320. The Kier molecular flexibility index (Phi) is 5.86. The molecule has 0 fully saturated rings. The predicted octanol–water partition coefficient (Wildman–Crippen LogP) is 4.63. The van der Waals surface area contributed by atoms with Gasteiger partial charge in [-0.15, -0.1) is 10.2 Å². The molecule has 0 radical (unpaired) electrons. The minimum atomic E-state index is -0.347. The van der Waals surface area contributed by atoms with E-state index in [2.05, 4.69) is 27.3 Å². The van der Waals surface area contributed by atoms with Crippen LogP contribution in [0.25, 0.3) is 11.4 Å². The molecule has 146 valence electrons. The number of aromatic amines is 1. The first-order valence-electron chi connectivity index (χ1n) is 9.24. The summed E-state index contributed by atoms with van der Waals surface area (Å²) in [5, 5.41) is 9.08. The summed E-state index contributed by atoms with van der Waals surface area (Å²) >= 11 is 1.31. The second-order valence-corrected chi connectivity index (χ2v) is 7.41. The zero-order chi connectivity index (χ0) is 20.1. The van der Waals surface area contributed by atoms with E-state index in [9.17, 15) is 9.18 Å². The molecule has 0 atom stereocenters. The number of halogens is 1. The minimum absolute atomic E-state index is 0.0231. The summed E-state index contributed by atoms with van der Waals surface area (Å²) in [7, 11) is 0. The highest BCUT2D eigenvalue weighted by Crippen LogP contribution is 2.26. The van der Waals surface area contributed by atoms with Crippen LogP contribution < -0.4 is 0 Å². The van der Waals surface area contributed by atoms with Crippen LogP contribution in [-0.2, 0) is 13.0 Å². The van der Waals surface area contributed by atoms with Crippen LogP contribution in [0, 0.1) is 5.82 Å². The maximum atomic E-state index is 14.4. The number of carbonyl (C=O) groups is 1. The molecule has 2 heterocycles. The summed E-state index contributed by atoms with van der Waals surface area (Å²) in [6.07, 6.45) is 2.47. The Morgan fingerprint density at radius 1 is 1.00 bits per heavy atom. The fourth-order valence-electron chi connectivity index (χ4n) is 3.04. The number of Topliss-reactive ketones (excluding diaryl/α,β-unsaturated/α-hetero) is 1. The van der Waals surface area contributed by atoms with Gasteiger partial charge in [0.15, 0.2) is 16.8 Å². The maximum absolute atomic E-state index is 14.4. The maximum Gasteiger partial charge on any atom is 0.191 e. The molecule has 29 heavy (non-hydrogen) atoms.